The van der Waals surface area contributed by atoms with Crippen molar-refractivity contribution in [2.24, 2.45) is 5.73 Å². The molecule has 1 aromatic rings. The topological polar surface area (TPSA) is 111 Å². The summed E-state index contributed by atoms with van der Waals surface area (Å²) in [6.45, 7) is -0.541. The number of nitrogens with zero attached hydrogens (tertiary/aromatic N) is 1. The van der Waals surface area contributed by atoms with Gasteiger partial charge in [-0.15, -0.1) is 0 Å². The molecule has 16 heavy (non-hydrogen) atoms. The molecule has 7 nitrogen and oxygen atoms in total. The van der Waals surface area contributed by atoms with Crippen molar-refractivity contribution in [3.05, 3.63) is 22.9 Å². The third-order valence-electron chi connectivity index (χ3n) is 1.37. The second-order valence-electron chi connectivity index (χ2n) is 2.68. The predicted molar refractivity (Wildman–Crippen MR) is 57.4 cm³/mol. The first kappa shape index (κ1) is 13.0. The van der Waals surface area contributed by atoms with Gasteiger partial charge in [0.15, 0.2) is 0 Å². The molecule has 0 aliphatic heterocycles. The summed E-state index contributed by atoms with van der Waals surface area (Å²) in [6, 6.07) is 1.34. The number of nitrogens with one attached hydrogen (secondary N) is 1. The van der Waals surface area contributed by atoms with Crippen molar-refractivity contribution >= 4 is 31.9 Å². The maximum atomic E-state index is 11.5. The van der Waals surface area contributed by atoms with Crippen molar-refractivity contribution in [3.8, 4) is 0 Å². The van der Waals surface area contributed by atoms with Gasteiger partial charge in [0.1, 0.15) is 11.5 Å². The number of pyridine rings is 1. The van der Waals surface area contributed by atoms with E-state index in [0.29, 0.717) is 4.47 Å². The second-order valence-corrected chi connectivity index (χ2v) is 5.24. The van der Waals surface area contributed by atoms with E-state index in [1.807, 2.05) is 0 Å². The highest BCUT2D eigenvalue weighted by Gasteiger charge is 2.15. The van der Waals surface area contributed by atoms with E-state index in [9.17, 15) is 13.2 Å². The number of hydrogen-bond donors (Lipinski definition) is 2. The SMILES string of the molecule is NC(=O)CONS(=O)(=O)c1cncc(Br)c1. The molecule has 88 valence electrons. The average molecular weight is 310 g/mol. The highest BCUT2D eigenvalue weighted by Crippen LogP contribution is 2.13. The van der Waals surface area contributed by atoms with Crippen molar-refractivity contribution in [1.82, 2.24) is 9.87 Å². The Balaban J connectivity index is 2.74. The van der Waals surface area contributed by atoms with E-state index in [4.69, 9.17) is 5.73 Å². The van der Waals surface area contributed by atoms with Gasteiger partial charge in [-0.2, -0.15) is 0 Å². The quantitative estimate of drug-likeness (QED) is 0.715. The normalized spacial score (nSPS) is 11.3. The number of aromatic nitrogens is 1. The fraction of sp³-hybridized carbons (Fsp3) is 0.143. The van der Waals surface area contributed by atoms with Crippen LogP contribution in [0.5, 0.6) is 0 Å². The van der Waals surface area contributed by atoms with Crippen molar-refractivity contribution in [2.75, 3.05) is 6.61 Å². The summed E-state index contributed by atoms with van der Waals surface area (Å²) in [4.78, 5) is 20.1. The summed E-state index contributed by atoms with van der Waals surface area (Å²) in [5.41, 5.74) is 4.77. The lowest BCUT2D eigenvalue weighted by Gasteiger charge is -2.05. The van der Waals surface area contributed by atoms with Crippen LogP contribution >= 0.6 is 15.9 Å². The summed E-state index contributed by atoms with van der Waals surface area (Å²) in [5.74, 6) is -0.782. The van der Waals surface area contributed by atoms with Crippen LogP contribution in [0.25, 0.3) is 0 Å². The van der Waals surface area contributed by atoms with Crippen LogP contribution in [0.4, 0.5) is 0 Å². The van der Waals surface area contributed by atoms with E-state index in [1.165, 1.54) is 12.3 Å². The maximum Gasteiger partial charge on any atom is 0.264 e. The van der Waals surface area contributed by atoms with Crippen molar-refractivity contribution < 1.29 is 18.0 Å². The summed E-state index contributed by atoms with van der Waals surface area (Å²) in [5, 5.41) is 0. The number of primary amides is 1. The van der Waals surface area contributed by atoms with Gasteiger partial charge >= 0.3 is 0 Å². The highest BCUT2D eigenvalue weighted by atomic mass is 79.9. The molecule has 0 spiro atoms. The Labute approximate surface area is 100 Å². The van der Waals surface area contributed by atoms with Crippen molar-refractivity contribution in [1.29, 1.82) is 0 Å². The third kappa shape index (κ3) is 3.85. The Kier molecular flexibility index (Phi) is 4.35. The third-order valence-corrected chi connectivity index (χ3v) is 2.99. The predicted octanol–water partition coefficient (Wildman–Crippen LogP) is -0.461. The number of halogens is 1. The van der Waals surface area contributed by atoms with Crippen LogP contribution in [-0.4, -0.2) is 25.9 Å². The zero-order valence-electron chi connectivity index (χ0n) is 7.88. The molecule has 0 radical (unpaired) electrons. The van der Waals surface area contributed by atoms with Gasteiger partial charge in [-0.05, 0) is 22.0 Å². The van der Waals surface area contributed by atoms with Gasteiger partial charge in [-0.25, -0.2) is 8.42 Å². The van der Waals surface area contributed by atoms with E-state index in [0.717, 1.165) is 6.20 Å². The van der Waals surface area contributed by atoms with Gasteiger partial charge in [0, 0.05) is 16.9 Å². The monoisotopic (exact) mass is 309 g/mol. The van der Waals surface area contributed by atoms with Crippen molar-refractivity contribution in [3.63, 3.8) is 0 Å². The number of sulfonamides is 1. The molecule has 1 heterocycles. The first-order chi connectivity index (χ1) is 7.42. The molecule has 1 amide bonds. The van der Waals surface area contributed by atoms with Gasteiger partial charge in [0.05, 0.1) is 0 Å². The summed E-state index contributed by atoms with van der Waals surface area (Å²) >= 11 is 3.08. The van der Waals surface area contributed by atoms with Crippen molar-refractivity contribution in [2.45, 2.75) is 4.90 Å². The van der Waals surface area contributed by atoms with Crippen LogP contribution in [0, 0.1) is 0 Å². The van der Waals surface area contributed by atoms with Gasteiger partial charge in [-0.3, -0.25) is 14.6 Å². The average Bonchev–Trinajstić information content (AvgIpc) is 2.16. The molecule has 1 aromatic heterocycles. The van der Waals surface area contributed by atoms with E-state index in [-0.39, 0.29) is 4.90 Å². The molecule has 0 saturated heterocycles. The van der Waals surface area contributed by atoms with Gasteiger partial charge in [-0.1, -0.05) is 4.89 Å². The number of amides is 1. The van der Waals surface area contributed by atoms with Crippen LogP contribution in [-0.2, 0) is 19.7 Å². The summed E-state index contributed by atoms with van der Waals surface area (Å²) in [6.07, 6.45) is 2.57. The zero-order chi connectivity index (χ0) is 12.2. The lowest BCUT2D eigenvalue weighted by atomic mass is 10.5. The first-order valence-corrected chi connectivity index (χ1v) is 6.22. The number of rotatable bonds is 5. The van der Waals surface area contributed by atoms with Crippen LogP contribution in [0.1, 0.15) is 0 Å². The smallest absolute Gasteiger partial charge is 0.264 e. The molecule has 0 aliphatic rings. The zero-order valence-corrected chi connectivity index (χ0v) is 10.3. The Morgan fingerprint density at radius 1 is 1.56 bits per heavy atom. The fourth-order valence-corrected chi connectivity index (χ4v) is 2.07. The minimum Gasteiger partial charge on any atom is -0.368 e. The van der Waals surface area contributed by atoms with E-state index in [1.54, 1.807) is 4.89 Å². The molecule has 3 N–H and O–H groups in total. The standard InChI is InChI=1S/C7H8BrN3O4S/c8-5-1-6(3-10-2-5)16(13,14)11-15-4-7(9)12/h1-3,11H,4H2,(H2,9,12). The molecule has 0 atom stereocenters. The molecular formula is C7H8BrN3O4S. The Hall–Kier alpha value is -1.03. The summed E-state index contributed by atoms with van der Waals surface area (Å²) < 4.78 is 23.5. The molecule has 0 fully saturated rings. The second kappa shape index (κ2) is 5.34. The molecule has 0 saturated carbocycles. The van der Waals surface area contributed by atoms with Crippen LogP contribution in [0.3, 0.4) is 0 Å². The number of nitrogens with two attached hydrogens (primary N) is 1. The van der Waals surface area contributed by atoms with E-state index >= 15 is 0 Å². The minimum atomic E-state index is -3.85. The molecule has 1 rings (SSSR count). The van der Waals surface area contributed by atoms with Crippen LogP contribution in [0.15, 0.2) is 27.8 Å². The Bertz CT molecular complexity index is 490. The summed E-state index contributed by atoms with van der Waals surface area (Å²) in [7, 11) is -3.85. The maximum absolute atomic E-state index is 11.5. The van der Waals surface area contributed by atoms with E-state index < -0.39 is 22.5 Å². The molecule has 0 aliphatic carbocycles. The lowest BCUT2D eigenvalue weighted by molar-refractivity contribution is -0.123. The molecule has 0 bridgehead atoms. The molecule has 9 heteroatoms. The van der Waals surface area contributed by atoms with Gasteiger partial charge in [0.2, 0.25) is 5.91 Å². The van der Waals surface area contributed by atoms with Crippen LogP contribution in [0.2, 0.25) is 0 Å². The Morgan fingerprint density at radius 3 is 2.81 bits per heavy atom. The number of carbonyl (C=O) groups excluding carboxylic acids is 1. The van der Waals surface area contributed by atoms with Crippen LogP contribution < -0.4 is 10.6 Å². The number of hydrogen-bond acceptors (Lipinski definition) is 5. The lowest BCUT2D eigenvalue weighted by Crippen LogP contribution is -2.29. The molecular weight excluding hydrogens is 302 g/mol. The molecule has 0 unspecified atom stereocenters. The highest BCUT2D eigenvalue weighted by molar-refractivity contribution is 9.10. The van der Waals surface area contributed by atoms with Gasteiger partial charge in [0.25, 0.3) is 10.0 Å². The number of carbonyl (C=O) groups is 1. The first-order valence-electron chi connectivity index (χ1n) is 3.94. The Morgan fingerprint density at radius 2 is 2.25 bits per heavy atom. The largest absolute Gasteiger partial charge is 0.368 e. The van der Waals surface area contributed by atoms with E-state index in [2.05, 4.69) is 25.8 Å². The molecule has 0 aromatic carbocycles. The minimum absolute atomic E-state index is 0.0913. The van der Waals surface area contributed by atoms with Gasteiger partial charge < -0.3 is 5.73 Å². The fourth-order valence-electron chi connectivity index (χ4n) is 0.766.